The first-order valence-electron chi connectivity index (χ1n) is 10.1. The molecule has 2 aromatic rings. The molecule has 160 valence electrons. The van der Waals surface area contributed by atoms with Gasteiger partial charge < -0.3 is 20.0 Å². The van der Waals surface area contributed by atoms with Gasteiger partial charge in [0, 0.05) is 25.6 Å². The highest BCUT2D eigenvalue weighted by Gasteiger charge is 2.30. The van der Waals surface area contributed by atoms with Gasteiger partial charge in [-0.15, -0.1) is 0 Å². The minimum absolute atomic E-state index is 0.0697. The number of piperidine rings is 1. The van der Waals surface area contributed by atoms with Crippen LogP contribution in [0.4, 0.5) is 4.39 Å². The maximum absolute atomic E-state index is 13.6. The van der Waals surface area contributed by atoms with Crippen LogP contribution in [0, 0.1) is 11.7 Å². The minimum Gasteiger partial charge on any atom is -0.472 e. The second-order valence-corrected chi connectivity index (χ2v) is 7.44. The lowest BCUT2D eigenvalue weighted by Crippen LogP contribution is -2.50. The van der Waals surface area contributed by atoms with Gasteiger partial charge in [0.2, 0.25) is 11.8 Å². The Bertz CT molecular complexity index is 876. The Morgan fingerprint density at radius 3 is 2.60 bits per heavy atom. The maximum Gasteiger partial charge on any atom is 0.255 e. The van der Waals surface area contributed by atoms with Crippen LogP contribution in [0.25, 0.3) is 0 Å². The number of furan rings is 1. The third-order valence-electron chi connectivity index (χ3n) is 5.33. The molecule has 1 atom stereocenters. The molecule has 1 aromatic heterocycles. The van der Waals surface area contributed by atoms with Crippen molar-refractivity contribution < 1.29 is 23.2 Å². The van der Waals surface area contributed by atoms with Crippen LogP contribution in [-0.2, 0) is 16.0 Å². The number of hydrogen-bond acceptors (Lipinski definition) is 4. The second kappa shape index (κ2) is 10.0. The van der Waals surface area contributed by atoms with E-state index in [4.69, 9.17) is 4.42 Å². The fourth-order valence-electron chi connectivity index (χ4n) is 3.54. The Morgan fingerprint density at radius 2 is 1.93 bits per heavy atom. The van der Waals surface area contributed by atoms with Crippen LogP contribution < -0.4 is 10.6 Å². The van der Waals surface area contributed by atoms with Gasteiger partial charge in [0.1, 0.15) is 18.1 Å². The molecular formula is C22H26FN3O4. The van der Waals surface area contributed by atoms with E-state index in [0.29, 0.717) is 50.0 Å². The Labute approximate surface area is 174 Å². The highest BCUT2D eigenvalue weighted by atomic mass is 19.1. The third kappa shape index (κ3) is 5.46. The van der Waals surface area contributed by atoms with Gasteiger partial charge in [-0.1, -0.05) is 18.2 Å². The van der Waals surface area contributed by atoms with Gasteiger partial charge in [-0.05, 0) is 43.9 Å². The number of nitrogens with one attached hydrogen (secondary N) is 2. The number of amides is 3. The molecular weight excluding hydrogens is 389 g/mol. The molecule has 3 amide bonds. The summed E-state index contributed by atoms with van der Waals surface area (Å²) in [5.74, 6) is -1.06. The molecule has 0 radical (unpaired) electrons. The average Bonchev–Trinajstić information content (AvgIpc) is 3.29. The third-order valence-corrected chi connectivity index (χ3v) is 5.33. The van der Waals surface area contributed by atoms with Gasteiger partial charge in [-0.3, -0.25) is 14.4 Å². The Morgan fingerprint density at radius 1 is 1.20 bits per heavy atom. The van der Waals surface area contributed by atoms with Gasteiger partial charge >= 0.3 is 0 Å². The first-order chi connectivity index (χ1) is 14.5. The van der Waals surface area contributed by atoms with E-state index in [1.807, 2.05) is 0 Å². The van der Waals surface area contributed by atoms with Crippen molar-refractivity contribution in [2.75, 3.05) is 19.6 Å². The molecule has 1 aliphatic rings. The zero-order valence-electron chi connectivity index (χ0n) is 16.9. The van der Waals surface area contributed by atoms with Crippen molar-refractivity contribution >= 4 is 17.7 Å². The zero-order valence-corrected chi connectivity index (χ0v) is 16.9. The molecule has 0 spiro atoms. The quantitative estimate of drug-likeness (QED) is 0.725. The molecule has 30 heavy (non-hydrogen) atoms. The summed E-state index contributed by atoms with van der Waals surface area (Å²) in [6.07, 6.45) is 4.26. The van der Waals surface area contributed by atoms with Crippen molar-refractivity contribution in [1.29, 1.82) is 0 Å². The lowest BCUT2D eigenvalue weighted by Gasteiger charge is -2.33. The molecule has 0 bridgehead atoms. The predicted molar refractivity (Wildman–Crippen MR) is 108 cm³/mol. The fourth-order valence-corrected chi connectivity index (χ4v) is 3.54. The number of rotatable bonds is 7. The maximum atomic E-state index is 13.6. The summed E-state index contributed by atoms with van der Waals surface area (Å²) in [6, 6.07) is 7.38. The smallest absolute Gasteiger partial charge is 0.255 e. The summed E-state index contributed by atoms with van der Waals surface area (Å²) < 4.78 is 18.5. The SMILES string of the molecule is C[C@@H](NC(=O)c1ccoc1)C(=O)N1CCC(C(=O)NCCc2ccccc2F)CC1. The van der Waals surface area contributed by atoms with E-state index < -0.39 is 6.04 Å². The highest BCUT2D eigenvalue weighted by Crippen LogP contribution is 2.18. The molecule has 1 fully saturated rings. The molecule has 0 unspecified atom stereocenters. The monoisotopic (exact) mass is 415 g/mol. The van der Waals surface area contributed by atoms with Crippen LogP contribution in [0.2, 0.25) is 0 Å². The molecule has 0 aliphatic carbocycles. The lowest BCUT2D eigenvalue weighted by atomic mass is 9.95. The summed E-state index contributed by atoms with van der Waals surface area (Å²) in [5.41, 5.74) is 0.935. The number of benzene rings is 1. The van der Waals surface area contributed by atoms with E-state index in [9.17, 15) is 18.8 Å². The van der Waals surface area contributed by atoms with Crippen LogP contribution in [0.1, 0.15) is 35.7 Å². The van der Waals surface area contributed by atoms with Crippen LogP contribution >= 0.6 is 0 Å². The number of nitrogens with zero attached hydrogens (tertiary/aromatic N) is 1. The molecule has 0 saturated carbocycles. The van der Waals surface area contributed by atoms with Gasteiger partial charge in [0.05, 0.1) is 11.8 Å². The van der Waals surface area contributed by atoms with E-state index >= 15 is 0 Å². The van der Waals surface area contributed by atoms with Crippen molar-refractivity contribution in [3.63, 3.8) is 0 Å². The first-order valence-corrected chi connectivity index (χ1v) is 10.1. The highest BCUT2D eigenvalue weighted by molar-refractivity contribution is 5.97. The molecule has 8 heteroatoms. The number of halogens is 1. The Hall–Kier alpha value is -3.16. The van der Waals surface area contributed by atoms with Crippen molar-refractivity contribution in [3.05, 3.63) is 59.8 Å². The van der Waals surface area contributed by atoms with Crippen LogP contribution in [0.5, 0.6) is 0 Å². The summed E-state index contributed by atoms with van der Waals surface area (Å²) in [6.45, 7) is 2.92. The van der Waals surface area contributed by atoms with Crippen LogP contribution in [-0.4, -0.2) is 48.3 Å². The minimum atomic E-state index is -0.668. The summed E-state index contributed by atoms with van der Waals surface area (Å²) in [4.78, 5) is 38.7. The van der Waals surface area contributed by atoms with Crippen molar-refractivity contribution in [2.24, 2.45) is 5.92 Å². The first kappa shape index (κ1) is 21.5. The van der Waals surface area contributed by atoms with Crippen molar-refractivity contribution in [1.82, 2.24) is 15.5 Å². The molecule has 1 aliphatic heterocycles. The Kier molecular flexibility index (Phi) is 7.21. The molecule has 7 nitrogen and oxygen atoms in total. The Balaban J connectivity index is 1.40. The number of hydrogen-bond donors (Lipinski definition) is 2. The second-order valence-electron chi connectivity index (χ2n) is 7.44. The zero-order chi connectivity index (χ0) is 21.5. The lowest BCUT2D eigenvalue weighted by molar-refractivity contribution is -0.136. The fraction of sp³-hybridized carbons (Fsp3) is 0.409. The number of likely N-dealkylation sites (tertiary alicyclic amines) is 1. The topological polar surface area (TPSA) is 91.7 Å². The normalized spacial score (nSPS) is 15.5. The summed E-state index contributed by atoms with van der Waals surface area (Å²) >= 11 is 0. The van der Waals surface area contributed by atoms with E-state index in [1.54, 1.807) is 30.0 Å². The molecule has 2 N–H and O–H groups in total. The van der Waals surface area contributed by atoms with E-state index in [2.05, 4.69) is 10.6 Å². The largest absolute Gasteiger partial charge is 0.472 e. The molecule has 3 rings (SSSR count). The molecule has 1 aromatic carbocycles. The van der Waals surface area contributed by atoms with Crippen LogP contribution in [0.15, 0.2) is 47.3 Å². The summed E-state index contributed by atoms with van der Waals surface area (Å²) in [5, 5.41) is 5.52. The van der Waals surface area contributed by atoms with Gasteiger partial charge in [0.15, 0.2) is 0 Å². The van der Waals surface area contributed by atoms with Gasteiger partial charge in [-0.25, -0.2) is 4.39 Å². The van der Waals surface area contributed by atoms with E-state index in [-0.39, 0.29) is 29.5 Å². The predicted octanol–water partition coefficient (Wildman–Crippen LogP) is 2.13. The van der Waals surface area contributed by atoms with Crippen molar-refractivity contribution in [2.45, 2.75) is 32.2 Å². The standard InChI is InChI=1S/C22H26FN3O4/c1-15(25-21(28)18-9-13-30-14-18)22(29)26-11-7-17(8-12-26)20(27)24-10-6-16-4-2-3-5-19(16)23/h2-5,9,13-15,17H,6-8,10-12H2,1H3,(H,24,27)(H,25,28)/t15-/m1/s1. The number of carbonyl (C=O) groups excluding carboxylic acids is 3. The molecule has 2 heterocycles. The van der Waals surface area contributed by atoms with Gasteiger partial charge in [0.25, 0.3) is 5.91 Å². The van der Waals surface area contributed by atoms with E-state index in [0.717, 1.165) is 0 Å². The van der Waals surface area contributed by atoms with Crippen molar-refractivity contribution in [3.8, 4) is 0 Å². The van der Waals surface area contributed by atoms with Gasteiger partial charge in [-0.2, -0.15) is 0 Å². The van der Waals surface area contributed by atoms with E-state index in [1.165, 1.54) is 24.7 Å². The molecule has 1 saturated heterocycles. The average molecular weight is 415 g/mol. The number of carbonyl (C=O) groups is 3. The van der Waals surface area contributed by atoms with Crippen LogP contribution in [0.3, 0.4) is 0 Å². The summed E-state index contributed by atoms with van der Waals surface area (Å²) in [7, 11) is 0.